The van der Waals surface area contributed by atoms with E-state index in [4.69, 9.17) is 10.5 Å². The molecule has 1 aromatic carbocycles. The molecule has 0 aromatic heterocycles. The zero-order valence-electron chi connectivity index (χ0n) is 33.5. The molecule has 0 aliphatic carbocycles. The van der Waals surface area contributed by atoms with Gasteiger partial charge in [-0.25, -0.2) is 4.79 Å². The van der Waals surface area contributed by atoms with E-state index in [0.717, 1.165) is 0 Å². The molecule has 0 spiro atoms. The summed E-state index contributed by atoms with van der Waals surface area (Å²) in [5, 5.41) is 34.5. The van der Waals surface area contributed by atoms with Crippen molar-refractivity contribution in [2.75, 3.05) is 7.11 Å². The smallest absolute Gasteiger partial charge is 0.408 e. The van der Waals surface area contributed by atoms with E-state index >= 15 is 0 Å². The van der Waals surface area contributed by atoms with E-state index in [1.807, 2.05) is 27.7 Å². The van der Waals surface area contributed by atoms with Gasteiger partial charge in [0.25, 0.3) is 0 Å². The van der Waals surface area contributed by atoms with Gasteiger partial charge in [-0.2, -0.15) is 0 Å². The van der Waals surface area contributed by atoms with E-state index < -0.39 is 102 Å². The van der Waals surface area contributed by atoms with Crippen LogP contribution < -0.4 is 32.3 Å². The van der Waals surface area contributed by atoms with E-state index in [9.17, 15) is 43.8 Å². The quantitative estimate of drug-likeness (QED) is 0.0761. The van der Waals surface area contributed by atoms with Crippen molar-refractivity contribution >= 4 is 41.6 Å². The van der Waals surface area contributed by atoms with Crippen LogP contribution in [0.2, 0.25) is 0 Å². The Morgan fingerprint density at radius 2 is 1.20 bits per heavy atom. The predicted molar refractivity (Wildman–Crippen MR) is 203 cm³/mol. The van der Waals surface area contributed by atoms with Gasteiger partial charge in [0.15, 0.2) is 0 Å². The number of amides is 6. The number of aliphatic hydroxyl groups is 2. The average molecular weight is 779 g/mol. The minimum absolute atomic E-state index is 0.0174. The largest absolute Gasteiger partial charge is 0.469 e. The Balaban J connectivity index is 3.10. The van der Waals surface area contributed by atoms with E-state index in [2.05, 4.69) is 31.3 Å². The standard InChI is InChI=1S/C38H62N6O11/c1-21(2)15-25(29(45)19-32(48)40-23(5)34(50)41-26(16-22(3)4)30(46)20-33(49)54-9)42-36(52)28(18-31(39)47)43-35(51)27(17-24-13-11-10-12-14-24)44-37(53)55-38(6,7)8/h10-14,21-23,25-30,45-46H,15-20H2,1-9H3,(H2,39,47)(H,40,48)(H,41,50)(H,42,52)(H,43,51)(H,44,53)/t23-,25-,26-,27-,28-,29-,30-/m0/s1. The first-order valence-corrected chi connectivity index (χ1v) is 18.5. The number of aliphatic hydroxyl groups excluding tert-OH is 2. The first-order valence-electron chi connectivity index (χ1n) is 18.5. The third-order valence-corrected chi connectivity index (χ3v) is 8.13. The molecule has 0 fully saturated rings. The summed E-state index contributed by atoms with van der Waals surface area (Å²) in [7, 11) is 1.18. The fourth-order valence-corrected chi connectivity index (χ4v) is 5.52. The van der Waals surface area contributed by atoms with Crippen molar-refractivity contribution in [3.05, 3.63) is 35.9 Å². The second-order valence-corrected chi connectivity index (χ2v) is 15.5. The van der Waals surface area contributed by atoms with Crippen LogP contribution in [-0.4, -0.2) is 107 Å². The number of carbonyl (C=O) groups is 7. The maximum atomic E-state index is 13.6. The van der Waals surface area contributed by atoms with Crippen LogP contribution in [0.1, 0.15) is 93.1 Å². The van der Waals surface area contributed by atoms with Crippen molar-refractivity contribution in [2.45, 2.75) is 142 Å². The van der Waals surface area contributed by atoms with Crippen molar-refractivity contribution in [2.24, 2.45) is 17.6 Å². The number of methoxy groups -OCH3 is 1. The molecule has 0 saturated heterocycles. The molecule has 0 heterocycles. The van der Waals surface area contributed by atoms with E-state index in [1.165, 1.54) is 14.0 Å². The van der Waals surface area contributed by atoms with Crippen LogP contribution in [-0.2, 0) is 44.7 Å². The maximum absolute atomic E-state index is 13.6. The van der Waals surface area contributed by atoms with Crippen molar-refractivity contribution < 1.29 is 53.2 Å². The van der Waals surface area contributed by atoms with Crippen LogP contribution in [0.4, 0.5) is 4.79 Å². The van der Waals surface area contributed by atoms with Gasteiger partial charge in [-0.15, -0.1) is 0 Å². The van der Waals surface area contributed by atoms with Crippen LogP contribution in [0.3, 0.4) is 0 Å². The highest BCUT2D eigenvalue weighted by molar-refractivity contribution is 5.94. The number of nitrogens with one attached hydrogen (secondary N) is 5. The SMILES string of the molecule is COC(=O)C[C@H](O)[C@H](CC(C)C)NC(=O)[C@H](C)NC(=O)C[C@H](O)[C@H](CC(C)C)NC(=O)[C@H](CC(N)=O)NC(=O)[C@H](Cc1ccccc1)NC(=O)OC(C)(C)C. The summed E-state index contributed by atoms with van der Waals surface area (Å²) in [6, 6.07) is 3.07. The summed E-state index contributed by atoms with van der Waals surface area (Å²) in [5.74, 6) is -4.67. The van der Waals surface area contributed by atoms with Crippen LogP contribution in [0.25, 0.3) is 0 Å². The second-order valence-electron chi connectivity index (χ2n) is 15.5. The molecule has 1 aromatic rings. The van der Waals surface area contributed by atoms with Gasteiger partial charge in [-0.3, -0.25) is 28.8 Å². The van der Waals surface area contributed by atoms with Gasteiger partial charge in [0.05, 0.1) is 50.7 Å². The monoisotopic (exact) mass is 778 g/mol. The van der Waals surface area contributed by atoms with Gasteiger partial charge in [-0.05, 0) is 57.9 Å². The average Bonchev–Trinajstić information content (AvgIpc) is 3.05. The second kappa shape index (κ2) is 23.2. The molecule has 9 N–H and O–H groups in total. The number of rotatable bonds is 22. The number of hydrogen-bond acceptors (Lipinski definition) is 11. The predicted octanol–water partition coefficient (Wildman–Crippen LogP) is 0.724. The van der Waals surface area contributed by atoms with Gasteiger partial charge in [-0.1, -0.05) is 58.0 Å². The fourth-order valence-electron chi connectivity index (χ4n) is 5.52. The highest BCUT2D eigenvalue weighted by Crippen LogP contribution is 2.15. The fraction of sp³-hybridized carbons (Fsp3) is 0.658. The zero-order valence-corrected chi connectivity index (χ0v) is 33.5. The summed E-state index contributed by atoms with van der Waals surface area (Å²) in [4.78, 5) is 89.6. The molecule has 310 valence electrons. The molecule has 17 heteroatoms. The van der Waals surface area contributed by atoms with Crippen LogP contribution in [0.5, 0.6) is 0 Å². The van der Waals surface area contributed by atoms with E-state index in [0.29, 0.717) is 12.0 Å². The molecule has 0 saturated carbocycles. The van der Waals surface area contributed by atoms with Crippen LogP contribution in [0, 0.1) is 11.8 Å². The normalized spacial score (nSPS) is 15.3. The zero-order chi connectivity index (χ0) is 42.0. The maximum Gasteiger partial charge on any atom is 0.408 e. The van der Waals surface area contributed by atoms with Crippen molar-refractivity contribution in [3.8, 4) is 0 Å². The summed E-state index contributed by atoms with van der Waals surface area (Å²) < 4.78 is 9.93. The number of benzene rings is 1. The molecule has 6 amide bonds. The molecule has 7 atom stereocenters. The summed E-state index contributed by atoms with van der Waals surface area (Å²) >= 11 is 0. The molecule has 1 rings (SSSR count). The molecular weight excluding hydrogens is 716 g/mol. The molecule has 0 aliphatic rings. The molecule has 55 heavy (non-hydrogen) atoms. The van der Waals surface area contributed by atoms with E-state index in [-0.39, 0.29) is 31.1 Å². The third-order valence-electron chi connectivity index (χ3n) is 8.13. The van der Waals surface area contributed by atoms with Crippen molar-refractivity contribution in [3.63, 3.8) is 0 Å². The van der Waals surface area contributed by atoms with Crippen LogP contribution >= 0.6 is 0 Å². The number of ether oxygens (including phenoxy) is 2. The lowest BCUT2D eigenvalue weighted by atomic mass is 9.96. The van der Waals surface area contributed by atoms with E-state index in [1.54, 1.807) is 51.1 Å². The Bertz CT molecular complexity index is 1430. The highest BCUT2D eigenvalue weighted by atomic mass is 16.6. The number of carbonyl (C=O) groups excluding carboxylic acids is 7. The number of primary amides is 1. The number of esters is 1. The third kappa shape index (κ3) is 19.9. The molecule has 0 unspecified atom stereocenters. The van der Waals surface area contributed by atoms with Gasteiger partial charge >= 0.3 is 12.1 Å². The first kappa shape index (κ1) is 48.2. The molecule has 0 aliphatic heterocycles. The lowest BCUT2D eigenvalue weighted by Crippen LogP contribution is -2.58. The van der Waals surface area contributed by atoms with Gasteiger partial charge < -0.3 is 52.0 Å². The summed E-state index contributed by atoms with van der Waals surface area (Å²) in [6.45, 7) is 13.8. The minimum atomic E-state index is -1.52. The summed E-state index contributed by atoms with van der Waals surface area (Å²) in [5.41, 5.74) is 5.25. The Morgan fingerprint density at radius 3 is 1.69 bits per heavy atom. The summed E-state index contributed by atoms with van der Waals surface area (Å²) in [6.07, 6.45) is -4.55. The lowest BCUT2D eigenvalue weighted by molar-refractivity contribution is -0.144. The number of alkyl carbamates (subject to hydrolysis) is 1. The van der Waals surface area contributed by atoms with Gasteiger partial charge in [0.1, 0.15) is 23.7 Å². The van der Waals surface area contributed by atoms with Crippen molar-refractivity contribution in [1.29, 1.82) is 0 Å². The number of hydrogen-bond donors (Lipinski definition) is 8. The molecule has 0 radical (unpaired) electrons. The lowest BCUT2D eigenvalue weighted by Gasteiger charge is -2.29. The molecule has 0 bridgehead atoms. The van der Waals surface area contributed by atoms with Gasteiger partial charge in [0.2, 0.25) is 29.5 Å². The topological polar surface area (TPSA) is 265 Å². The van der Waals surface area contributed by atoms with Gasteiger partial charge in [0, 0.05) is 6.42 Å². The Morgan fingerprint density at radius 1 is 0.691 bits per heavy atom. The molecular formula is C38H62N6O11. The van der Waals surface area contributed by atoms with Crippen molar-refractivity contribution in [1.82, 2.24) is 26.6 Å². The first-order chi connectivity index (χ1) is 25.5. The molecule has 17 nitrogen and oxygen atoms in total. The Labute approximate surface area is 323 Å². The minimum Gasteiger partial charge on any atom is -0.469 e. The number of nitrogens with two attached hydrogens (primary N) is 1. The Hall–Kier alpha value is -4.77. The highest BCUT2D eigenvalue weighted by Gasteiger charge is 2.33. The van der Waals surface area contributed by atoms with Crippen LogP contribution in [0.15, 0.2) is 30.3 Å². The Kier molecular flexibility index (Phi) is 20.4.